The first kappa shape index (κ1) is 15.8. The van der Waals surface area contributed by atoms with Crippen LogP contribution < -0.4 is 9.64 Å². The minimum Gasteiger partial charge on any atom is -0.484 e. The van der Waals surface area contributed by atoms with Gasteiger partial charge >= 0.3 is 12.4 Å². The highest BCUT2D eigenvalue weighted by atomic mass is 19.4. The van der Waals surface area contributed by atoms with Gasteiger partial charge in [-0.3, -0.25) is 0 Å². The third-order valence-corrected chi connectivity index (χ3v) is 2.96. The van der Waals surface area contributed by atoms with Crippen molar-refractivity contribution in [2.45, 2.75) is 31.8 Å². The predicted octanol–water partition coefficient (Wildman–Crippen LogP) is 4.25. The fourth-order valence-corrected chi connectivity index (χ4v) is 2.27. The number of nitrogens with zero attached hydrogens (tertiary/aromatic N) is 1. The van der Waals surface area contributed by atoms with Crippen molar-refractivity contribution in [1.29, 1.82) is 0 Å². The second-order valence-electron chi connectivity index (χ2n) is 5.51. The van der Waals surface area contributed by atoms with E-state index in [1.54, 1.807) is 0 Å². The molecule has 0 aliphatic carbocycles. The van der Waals surface area contributed by atoms with E-state index in [-0.39, 0.29) is 18.0 Å². The average molecular weight is 313 g/mol. The van der Waals surface area contributed by atoms with Crippen LogP contribution in [-0.2, 0) is 6.18 Å². The normalized spacial score (nSPS) is 18.2. The lowest BCUT2D eigenvalue weighted by molar-refractivity contribution is -0.138. The fourth-order valence-electron chi connectivity index (χ4n) is 2.27. The van der Waals surface area contributed by atoms with Crippen molar-refractivity contribution < 1.29 is 31.1 Å². The van der Waals surface area contributed by atoms with Crippen molar-refractivity contribution in [3.63, 3.8) is 0 Å². The molecule has 0 bridgehead atoms. The first-order valence-corrected chi connectivity index (χ1v) is 6.09. The second kappa shape index (κ2) is 4.71. The summed E-state index contributed by atoms with van der Waals surface area (Å²) in [5.41, 5.74) is -1.95. The summed E-state index contributed by atoms with van der Waals surface area (Å²) in [4.78, 5) is 0.985. The molecule has 0 saturated carbocycles. The van der Waals surface area contributed by atoms with Gasteiger partial charge in [0.1, 0.15) is 17.9 Å². The smallest absolute Gasteiger partial charge is 0.416 e. The highest BCUT2D eigenvalue weighted by molar-refractivity contribution is 5.62. The van der Waals surface area contributed by atoms with Crippen molar-refractivity contribution in [3.8, 4) is 5.75 Å². The SMILES string of the molecule is CC1(C)CN(CC(F)(F)F)c2ccc(C(F)(F)F)cc2O1. The molecule has 0 fully saturated rings. The summed E-state index contributed by atoms with van der Waals surface area (Å²) in [6.45, 7) is 1.75. The molecule has 1 aromatic rings. The maximum absolute atomic E-state index is 12.7. The van der Waals surface area contributed by atoms with Crippen LogP contribution in [0.25, 0.3) is 0 Å². The number of ether oxygens (including phenoxy) is 1. The van der Waals surface area contributed by atoms with E-state index < -0.39 is 30.1 Å². The van der Waals surface area contributed by atoms with Crippen LogP contribution in [0, 0.1) is 0 Å². The monoisotopic (exact) mass is 313 g/mol. The quantitative estimate of drug-likeness (QED) is 0.719. The Morgan fingerprint density at radius 1 is 1.14 bits per heavy atom. The van der Waals surface area contributed by atoms with Crippen LogP contribution in [0.2, 0.25) is 0 Å². The molecule has 21 heavy (non-hydrogen) atoms. The molecule has 0 amide bonds. The molecule has 1 aromatic carbocycles. The van der Waals surface area contributed by atoms with Crippen molar-refractivity contribution in [2.24, 2.45) is 0 Å². The summed E-state index contributed by atoms with van der Waals surface area (Å²) < 4.78 is 81.2. The maximum atomic E-state index is 12.7. The van der Waals surface area contributed by atoms with E-state index >= 15 is 0 Å². The van der Waals surface area contributed by atoms with Crippen molar-refractivity contribution >= 4 is 5.69 Å². The van der Waals surface area contributed by atoms with Crippen molar-refractivity contribution in [2.75, 3.05) is 18.0 Å². The molecule has 8 heteroatoms. The van der Waals surface area contributed by atoms with Crippen molar-refractivity contribution in [3.05, 3.63) is 23.8 Å². The lowest BCUT2D eigenvalue weighted by Gasteiger charge is -2.41. The summed E-state index contributed by atoms with van der Waals surface area (Å²) in [6.07, 6.45) is -9.03. The van der Waals surface area contributed by atoms with Gasteiger partial charge in [-0.2, -0.15) is 26.3 Å². The Bertz CT molecular complexity index is 534. The Hall–Kier alpha value is -1.60. The third-order valence-electron chi connectivity index (χ3n) is 2.96. The molecule has 118 valence electrons. The number of alkyl halides is 6. The zero-order chi connectivity index (χ0) is 16.1. The molecule has 0 radical (unpaired) electrons. The summed E-state index contributed by atoms with van der Waals surface area (Å²) in [6, 6.07) is 2.50. The number of rotatable bonds is 1. The molecule has 2 nitrogen and oxygen atoms in total. The largest absolute Gasteiger partial charge is 0.484 e. The van der Waals surface area contributed by atoms with E-state index in [0.717, 1.165) is 23.1 Å². The first-order valence-electron chi connectivity index (χ1n) is 6.09. The summed E-state index contributed by atoms with van der Waals surface area (Å²) in [5, 5.41) is 0. The molecule has 0 aromatic heterocycles. The highest BCUT2D eigenvalue weighted by Gasteiger charge is 2.40. The van der Waals surface area contributed by atoms with E-state index in [9.17, 15) is 26.3 Å². The molecule has 1 aliphatic heterocycles. The van der Waals surface area contributed by atoms with Gasteiger partial charge in [0.05, 0.1) is 17.8 Å². The number of halogens is 6. The number of hydrogen-bond donors (Lipinski definition) is 0. The van der Waals surface area contributed by atoms with Gasteiger partial charge in [0.25, 0.3) is 0 Å². The molecule has 2 rings (SSSR count). The molecule has 0 unspecified atom stereocenters. The van der Waals surface area contributed by atoms with Crippen LogP contribution in [0.1, 0.15) is 19.4 Å². The van der Waals surface area contributed by atoms with Gasteiger partial charge in [0.2, 0.25) is 0 Å². The van der Waals surface area contributed by atoms with Gasteiger partial charge in [0, 0.05) is 0 Å². The molecule has 1 heterocycles. The Balaban J connectivity index is 2.43. The Kier molecular flexibility index (Phi) is 3.54. The van der Waals surface area contributed by atoms with Gasteiger partial charge in [-0.25, -0.2) is 0 Å². The summed E-state index contributed by atoms with van der Waals surface area (Å²) >= 11 is 0. The van der Waals surface area contributed by atoms with Gasteiger partial charge < -0.3 is 9.64 Å². The minimum absolute atomic E-state index is 0.0136. The molecule has 0 N–H and O–H groups in total. The number of fused-ring (bicyclic) bond motifs is 1. The number of hydrogen-bond acceptors (Lipinski definition) is 2. The number of anilines is 1. The Labute approximate surface area is 117 Å². The van der Waals surface area contributed by atoms with Crippen LogP contribution >= 0.6 is 0 Å². The molecule has 1 aliphatic rings. The van der Waals surface area contributed by atoms with Gasteiger partial charge in [-0.1, -0.05) is 0 Å². The molecule has 0 spiro atoms. The molecular formula is C13H13F6NO. The van der Waals surface area contributed by atoms with Gasteiger partial charge in [0.15, 0.2) is 0 Å². The van der Waals surface area contributed by atoms with E-state index in [2.05, 4.69) is 0 Å². The fraction of sp³-hybridized carbons (Fsp3) is 0.538. The van der Waals surface area contributed by atoms with E-state index in [1.165, 1.54) is 13.8 Å². The molecular weight excluding hydrogens is 300 g/mol. The summed E-state index contributed by atoms with van der Waals surface area (Å²) in [7, 11) is 0. The Morgan fingerprint density at radius 2 is 1.76 bits per heavy atom. The lowest BCUT2D eigenvalue weighted by atomic mass is 10.0. The summed E-state index contributed by atoms with van der Waals surface area (Å²) in [5.74, 6) is -0.190. The number of benzene rings is 1. The molecule has 0 saturated heterocycles. The zero-order valence-corrected chi connectivity index (χ0v) is 11.3. The second-order valence-corrected chi connectivity index (χ2v) is 5.51. The van der Waals surface area contributed by atoms with Crippen molar-refractivity contribution in [1.82, 2.24) is 0 Å². The third kappa shape index (κ3) is 3.74. The van der Waals surface area contributed by atoms with E-state index in [4.69, 9.17) is 4.74 Å². The zero-order valence-electron chi connectivity index (χ0n) is 11.3. The van der Waals surface area contributed by atoms with Gasteiger partial charge in [-0.15, -0.1) is 0 Å². The van der Waals surface area contributed by atoms with Gasteiger partial charge in [-0.05, 0) is 32.0 Å². The lowest BCUT2D eigenvalue weighted by Crippen LogP contribution is -2.49. The standard InChI is InChI=1S/C13H13F6NO/c1-11(2)6-20(7-12(14,15)16)9-4-3-8(13(17,18)19)5-10(9)21-11/h3-5H,6-7H2,1-2H3. The van der Waals surface area contributed by atoms with E-state index in [1.807, 2.05) is 0 Å². The van der Waals surface area contributed by atoms with E-state index in [0.29, 0.717) is 0 Å². The van der Waals surface area contributed by atoms with Crippen LogP contribution in [-0.4, -0.2) is 24.9 Å². The highest BCUT2D eigenvalue weighted by Crippen LogP contribution is 2.42. The van der Waals surface area contributed by atoms with Crippen LogP contribution in [0.4, 0.5) is 32.0 Å². The average Bonchev–Trinajstić information content (AvgIpc) is 2.22. The Morgan fingerprint density at radius 3 is 2.29 bits per heavy atom. The minimum atomic E-state index is -4.57. The first-order chi connectivity index (χ1) is 9.37. The van der Waals surface area contributed by atoms with Crippen LogP contribution in [0.15, 0.2) is 18.2 Å². The molecule has 0 atom stereocenters. The predicted molar refractivity (Wildman–Crippen MR) is 64.4 cm³/mol. The van der Waals surface area contributed by atoms with Crippen LogP contribution in [0.3, 0.4) is 0 Å². The maximum Gasteiger partial charge on any atom is 0.416 e. The topological polar surface area (TPSA) is 12.5 Å². The van der Waals surface area contributed by atoms with Crippen LogP contribution in [0.5, 0.6) is 5.75 Å².